The molecule has 2 aromatic heterocycles. The van der Waals surface area contributed by atoms with E-state index in [2.05, 4.69) is 35.8 Å². The predicted octanol–water partition coefficient (Wildman–Crippen LogP) is 0.981. The number of anilines is 1. The summed E-state index contributed by atoms with van der Waals surface area (Å²) >= 11 is 0. The molecule has 2 heterocycles. The van der Waals surface area contributed by atoms with E-state index in [9.17, 15) is 4.79 Å². The molecule has 1 saturated carbocycles. The molecule has 10 nitrogen and oxygen atoms in total. The third kappa shape index (κ3) is 3.20. The fourth-order valence-corrected chi connectivity index (χ4v) is 2.51. The number of hydrogen-bond donors (Lipinski definition) is 2. The summed E-state index contributed by atoms with van der Waals surface area (Å²) in [5.74, 6) is -0.145. The van der Waals surface area contributed by atoms with Crippen LogP contribution in [0.25, 0.3) is 5.82 Å². The second-order valence-electron chi connectivity index (χ2n) is 5.44. The maximum absolute atomic E-state index is 12.2. The number of nitrogens with two attached hydrogens (primary N) is 1. The minimum absolute atomic E-state index is 0.0728. The highest BCUT2D eigenvalue weighted by Gasteiger charge is 2.20. The van der Waals surface area contributed by atoms with E-state index in [1.807, 2.05) is 0 Å². The summed E-state index contributed by atoms with van der Waals surface area (Å²) in [4.78, 5) is 12.2. The molecule has 0 saturated heterocycles. The average Bonchev–Trinajstić information content (AvgIpc) is 3.02. The van der Waals surface area contributed by atoms with E-state index in [1.54, 1.807) is 6.92 Å². The van der Waals surface area contributed by atoms with Gasteiger partial charge in [-0.25, -0.2) is 10.1 Å². The Balaban J connectivity index is 1.74. The van der Waals surface area contributed by atoms with Crippen LogP contribution in [0.5, 0.6) is 0 Å². The van der Waals surface area contributed by atoms with Gasteiger partial charge < -0.3 is 5.73 Å². The first-order valence-electron chi connectivity index (χ1n) is 7.53. The van der Waals surface area contributed by atoms with Crippen molar-refractivity contribution >= 4 is 17.4 Å². The van der Waals surface area contributed by atoms with Gasteiger partial charge in [-0.3, -0.25) is 4.79 Å². The topological polar surface area (TPSA) is 137 Å². The van der Waals surface area contributed by atoms with Crippen LogP contribution in [0.4, 0.5) is 5.82 Å². The van der Waals surface area contributed by atoms with Gasteiger partial charge in [0.15, 0.2) is 5.69 Å². The number of nitrogen functional groups attached to an aromatic ring is 1. The molecule has 0 aliphatic heterocycles. The van der Waals surface area contributed by atoms with Gasteiger partial charge in [0.2, 0.25) is 11.6 Å². The van der Waals surface area contributed by atoms with Crippen LogP contribution in [0.15, 0.2) is 9.73 Å². The molecule has 2 aromatic rings. The van der Waals surface area contributed by atoms with E-state index in [0.717, 1.165) is 31.4 Å². The van der Waals surface area contributed by atoms with Crippen LogP contribution in [-0.4, -0.2) is 36.9 Å². The standard InChI is InChI=1S/C13H18N8O2/c1-8-10(16-20-21(8)12-11(14)18-23-19-12)13(22)17-15-9-6-4-2-3-5-7-9/h2-7H2,1H3,(H2,14,18)(H,17,22). The Bertz CT molecular complexity index is 722. The molecule has 10 heteroatoms. The van der Waals surface area contributed by atoms with Gasteiger partial charge in [-0.05, 0) is 42.9 Å². The van der Waals surface area contributed by atoms with Gasteiger partial charge in [-0.2, -0.15) is 9.78 Å². The second kappa shape index (κ2) is 6.55. The average molecular weight is 318 g/mol. The molecule has 1 amide bonds. The maximum atomic E-state index is 12.2. The lowest BCUT2D eigenvalue weighted by Crippen LogP contribution is -2.21. The first-order valence-corrected chi connectivity index (χ1v) is 7.53. The lowest BCUT2D eigenvalue weighted by Gasteiger charge is -2.03. The molecule has 0 aromatic carbocycles. The summed E-state index contributed by atoms with van der Waals surface area (Å²) in [6.07, 6.45) is 6.51. The van der Waals surface area contributed by atoms with Crippen LogP contribution in [0.1, 0.15) is 54.7 Å². The van der Waals surface area contributed by atoms with Gasteiger partial charge in [0, 0.05) is 5.71 Å². The highest BCUT2D eigenvalue weighted by atomic mass is 16.6. The summed E-state index contributed by atoms with van der Waals surface area (Å²) in [7, 11) is 0. The molecule has 1 fully saturated rings. The number of carbonyl (C=O) groups excluding carboxylic acids is 1. The van der Waals surface area contributed by atoms with E-state index < -0.39 is 5.91 Å². The van der Waals surface area contributed by atoms with Crippen molar-refractivity contribution in [3.05, 3.63) is 11.4 Å². The smallest absolute Gasteiger partial charge is 0.293 e. The number of hydrogen-bond acceptors (Lipinski definition) is 8. The molecule has 1 aliphatic carbocycles. The van der Waals surface area contributed by atoms with Gasteiger partial charge in [-0.15, -0.1) is 5.10 Å². The SMILES string of the molecule is Cc1c(C(=O)NN=C2CCCCCC2)nnn1-c1nonc1N. The zero-order valence-electron chi connectivity index (χ0n) is 12.8. The normalized spacial score (nSPS) is 15.3. The number of nitrogens with zero attached hydrogens (tertiary/aromatic N) is 6. The van der Waals surface area contributed by atoms with E-state index in [1.165, 1.54) is 17.5 Å². The van der Waals surface area contributed by atoms with Crippen LogP contribution < -0.4 is 11.2 Å². The monoisotopic (exact) mass is 318 g/mol. The van der Waals surface area contributed by atoms with Crippen LogP contribution in [-0.2, 0) is 0 Å². The van der Waals surface area contributed by atoms with Gasteiger partial charge in [-0.1, -0.05) is 18.1 Å². The summed E-state index contributed by atoms with van der Waals surface area (Å²) < 4.78 is 5.83. The number of nitrogens with one attached hydrogen (secondary N) is 1. The molecule has 0 radical (unpaired) electrons. The molecular formula is C13H18N8O2. The van der Waals surface area contributed by atoms with Crippen LogP contribution in [0, 0.1) is 6.92 Å². The maximum Gasteiger partial charge on any atom is 0.293 e. The van der Waals surface area contributed by atoms with Gasteiger partial charge in [0.25, 0.3) is 5.91 Å². The van der Waals surface area contributed by atoms with Crippen LogP contribution in [0.3, 0.4) is 0 Å². The summed E-state index contributed by atoms with van der Waals surface area (Å²) in [6.45, 7) is 1.68. The lowest BCUT2D eigenvalue weighted by molar-refractivity contribution is 0.0949. The zero-order valence-corrected chi connectivity index (χ0v) is 12.8. The van der Waals surface area contributed by atoms with E-state index in [-0.39, 0.29) is 17.3 Å². The first-order chi connectivity index (χ1) is 11.2. The number of aromatic nitrogens is 5. The van der Waals surface area contributed by atoms with Crippen molar-refractivity contribution in [2.45, 2.75) is 45.4 Å². The fraction of sp³-hybridized carbons (Fsp3) is 0.538. The fourth-order valence-electron chi connectivity index (χ4n) is 2.51. The summed E-state index contributed by atoms with van der Waals surface area (Å²) in [5, 5.41) is 19.1. The van der Waals surface area contributed by atoms with E-state index in [4.69, 9.17) is 5.73 Å². The molecule has 3 rings (SSSR count). The van der Waals surface area contributed by atoms with Crippen molar-refractivity contribution in [1.29, 1.82) is 0 Å². The van der Waals surface area contributed by atoms with Crippen LogP contribution >= 0.6 is 0 Å². The van der Waals surface area contributed by atoms with Crippen LogP contribution in [0.2, 0.25) is 0 Å². The number of rotatable bonds is 3. The minimum Gasteiger partial charge on any atom is -0.378 e. The Labute approximate surface area is 132 Å². The second-order valence-corrected chi connectivity index (χ2v) is 5.44. The van der Waals surface area contributed by atoms with Crippen molar-refractivity contribution in [1.82, 2.24) is 30.7 Å². The molecule has 1 aliphatic rings. The lowest BCUT2D eigenvalue weighted by atomic mass is 10.2. The number of amides is 1. The highest BCUT2D eigenvalue weighted by Crippen LogP contribution is 2.16. The Morgan fingerprint density at radius 3 is 2.65 bits per heavy atom. The Hall–Kier alpha value is -2.78. The zero-order chi connectivity index (χ0) is 16.2. The van der Waals surface area contributed by atoms with Crippen molar-refractivity contribution < 1.29 is 9.42 Å². The largest absolute Gasteiger partial charge is 0.378 e. The minimum atomic E-state index is -0.416. The predicted molar refractivity (Wildman–Crippen MR) is 81.0 cm³/mol. The molecular weight excluding hydrogens is 300 g/mol. The van der Waals surface area contributed by atoms with Crippen molar-refractivity contribution in [3.63, 3.8) is 0 Å². The van der Waals surface area contributed by atoms with Crippen molar-refractivity contribution in [2.24, 2.45) is 5.10 Å². The third-order valence-electron chi connectivity index (χ3n) is 3.80. The first kappa shape index (κ1) is 15.1. The Kier molecular flexibility index (Phi) is 4.31. The quantitative estimate of drug-likeness (QED) is 0.635. The molecule has 3 N–H and O–H groups in total. The Morgan fingerprint density at radius 2 is 2.00 bits per heavy atom. The molecule has 0 bridgehead atoms. The molecule has 122 valence electrons. The van der Waals surface area contributed by atoms with Crippen molar-refractivity contribution in [2.75, 3.05) is 5.73 Å². The molecule has 23 heavy (non-hydrogen) atoms. The Morgan fingerprint density at radius 1 is 1.26 bits per heavy atom. The highest BCUT2D eigenvalue weighted by molar-refractivity contribution is 5.94. The molecule has 0 atom stereocenters. The van der Waals surface area contributed by atoms with Gasteiger partial charge in [0.1, 0.15) is 0 Å². The van der Waals surface area contributed by atoms with E-state index >= 15 is 0 Å². The summed E-state index contributed by atoms with van der Waals surface area (Å²) in [5.41, 5.74) is 9.83. The van der Waals surface area contributed by atoms with E-state index in [0.29, 0.717) is 5.69 Å². The van der Waals surface area contributed by atoms with Gasteiger partial charge >= 0.3 is 0 Å². The molecule has 0 spiro atoms. The third-order valence-corrected chi connectivity index (χ3v) is 3.80. The van der Waals surface area contributed by atoms with Crippen molar-refractivity contribution in [3.8, 4) is 5.82 Å². The number of hydrazone groups is 1. The number of carbonyl (C=O) groups is 1. The molecule has 0 unspecified atom stereocenters. The summed E-state index contributed by atoms with van der Waals surface area (Å²) in [6, 6.07) is 0. The van der Waals surface area contributed by atoms with Gasteiger partial charge in [0.05, 0.1) is 5.69 Å².